The molecule has 0 saturated heterocycles. The van der Waals surface area contributed by atoms with E-state index in [1.54, 1.807) is 42.1 Å². The van der Waals surface area contributed by atoms with E-state index in [0.29, 0.717) is 20.5 Å². The molecule has 25 heavy (non-hydrogen) atoms. The smallest absolute Gasteiger partial charge is 0.269 e. The Kier molecular flexibility index (Phi) is 7.96. The van der Waals surface area contributed by atoms with Crippen LogP contribution < -0.4 is 10.9 Å². The summed E-state index contributed by atoms with van der Waals surface area (Å²) in [5.74, 6) is 0.230. The van der Waals surface area contributed by atoms with Gasteiger partial charge in [-0.3, -0.25) is 20.4 Å². The van der Waals surface area contributed by atoms with Gasteiger partial charge in [0.25, 0.3) is 5.91 Å². The molecule has 0 saturated carbocycles. The Hall–Kier alpha value is -1.34. The van der Waals surface area contributed by atoms with Crippen molar-refractivity contribution in [3.05, 3.63) is 63.6 Å². The van der Waals surface area contributed by atoms with Gasteiger partial charge in [0.15, 0.2) is 0 Å². The maximum absolute atomic E-state index is 12.1. The highest BCUT2D eigenvalue weighted by molar-refractivity contribution is 8.00. The summed E-state index contributed by atoms with van der Waals surface area (Å²) in [5, 5.41) is 1.07. The summed E-state index contributed by atoms with van der Waals surface area (Å²) in [6.07, 6.45) is 2.00. The minimum atomic E-state index is -0.359. The molecule has 0 aliphatic heterocycles. The molecule has 2 aromatic rings. The van der Waals surface area contributed by atoms with Crippen LogP contribution in [0, 0.1) is 0 Å². The standard InChI is InChI=1S/C17H16Cl2N2O2S2/c1-24-9-11-3-2-4-12(7-11)17(23)21-20-16(22)10-25-15-8-13(18)5-6-14(15)19/h2-8H,9-10H2,1H3,(H,20,22)(H,21,23). The molecule has 0 heterocycles. The number of halogens is 2. The summed E-state index contributed by atoms with van der Waals surface area (Å²) >= 11 is 14.9. The fourth-order valence-corrected chi connectivity index (χ4v) is 3.74. The molecule has 4 nitrogen and oxygen atoms in total. The average molecular weight is 415 g/mol. The second-order valence-electron chi connectivity index (χ2n) is 5.00. The monoisotopic (exact) mass is 414 g/mol. The van der Waals surface area contributed by atoms with E-state index in [-0.39, 0.29) is 17.6 Å². The molecule has 0 atom stereocenters. The van der Waals surface area contributed by atoms with Gasteiger partial charge >= 0.3 is 0 Å². The van der Waals surface area contributed by atoms with Gasteiger partial charge in [0.05, 0.1) is 10.8 Å². The summed E-state index contributed by atoms with van der Waals surface area (Å²) in [5.41, 5.74) is 6.36. The van der Waals surface area contributed by atoms with E-state index in [2.05, 4.69) is 10.9 Å². The number of nitrogens with one attached hydrogen (secondary N) is 2. The van der Waals surface area contributed by atoms with Crippen molar-refractivity contribution < 1.29 is 9.59 Å². The lowest BCUT2D eigenvalue weighted by Gasteiger charge is -2.09. The third-order valence-electron chi connectivity index (χ3n) is 3.07. The summed E-state index contributed by atoms with van der Waals surface area (Å²) in [6, 6.07) is 12.3. The van der Waals surface area contributed by atoms with Crippen LogP contribution in [0.3, 0.4) is 0 Å². The number of carbonyl (C=O) groups is 2. The van der Waals surface area contributed by atoms with Gasteiger partial charge in [-0.15, -0.1) is 11.8 Å². The number of amides is 2. The molecule has 0 unspecified atom stereocenters. The van der Waals surface area contributed by atoms with Crippen LogP contribution in [-0.2, 0) is 10.5 Å². The van der Waals surface area contributed by atoms with Crippen molar-refractivity contribution in [2.24, 2.45) is 0 Å². The first-order valence-corrected chi connectivity index (χ1v) is 10.4. The van der Waals surface area contributed by atoms with E-state index in [1.807, 2.05) is 18.4 Å². The second kappa shape index (κ2) is 9.97. The molecule has 0 aliphatic rings. The molecular formula is C17H16Cl2N2O2S2. The molecule has 0 radical (unpaired) electrons. The number of carbonyl (C=O) groups excluding carboxylic acids is 2. The number of rotatable bonds is 6. The second-order valence-corrected chi connectivity index (χ2v) is 7.73. The van der Waals surface area contributed by atoms with Crippen LogP contribution in [0.4, 0.5) is 0 Å². The molecule has 0 aromatic heterocycles. The molecule has 132 valence electrons. The maximum atomic E-state index is 12.1. The molecule has 2 N–H and O–H groups in total. The first-order valence-electron chi connectivity index (χ1n) is 7.24. The van der Waals surface area contributed by atoms with Gasteiger partial charge in [0.2, 0.25) is 5.91 Å². The van der Waals surface area contributed by atoms with Crippen LogP contribution in [0.1, 0.15) is 15.9 Å². The van der Waals surface area contributed by atoms with Crippen molar-refractivity contribution in [2.45, 2.75) is 10.6 Å². The van der Waals surface area contributed by atoms with Crippen molar-refractivity contribution in [1.29, 1.82) is 0 Å². The Morgan fingerprint density at radius 3 is 2.64 bits per heavy atom. The molecular weight excluding hydrogens is 399 g/mol. The number of thioether (sulfide) groups is 2. The van der Waals surface area contributed by atoms with Crippen LogP contribution >= 0.6 is 46.7 Å². The highest BCUT2D eigenvalue weighted by Crippen LogP contribution is 2.29. The van der Waals surface area contributed by atoms with Crippen LogP contribution in [0.5, 0.6) is 0 Å². The number of hydrazine groups is 1. The Morgan fingerprint density at radius 2 is 1.88 bits per heavy atom. The largest absolute Gasteiger partial charge is 0.272 e. The molecule has 2 amide bonds. The van der Waals surface area contributed by atoms with E-state index >= 15 is 0 Å². The highest BCUT2D eigenvalue weighted by Gasteiger charge is 2.10. The van der Waals surface area contributed by atoms with Gasteiger partial charge in [0.1, 0.15) is 0 Å². The topological polar surface area (TPSA) is 58.2 Å². The molecule has 0 bridgehead atoms. The van der Waals surface area contributed by atoms with Gasteiger partial charge in [-0.1, -0.05) is 35.3 Å². The summed E-state index contributed by atoms with van der Waals surface area (Å²) in [6.45, 7) is 0. The van der Waals surface area contributed by atoms with Crippen LogP contribution in [0.15, 0.2) is 47.4 Å². The highest BCUT2D eigenvalue weighted by atomic mass is 35.5. The van der Waals surface area contributed by atoms with Crippen LogP contribution in [0.2, 0.25) is 10.0 Å². The minimum absolute atomic E-state index is 0.104. The van der Waals surface area contributed by atoms with Crippen LogP contribution in [0.25, 0.3) is 0 Å². The molecule has 0 spiro atoms. The van der Waals surface area contributed by atoms with Crippen molar-refractivity contribution in [3.8, 4) is 0 Å². The lowest BCUT2D eigenvalue weighted by atomic mass is 10.1. The number of hydrogen-bond acceptors (Lipinski definition) is 4. The molecule has 8 heteroatoms. The van der Waals surface area contributed by atoms with Crippen molar-refractivity contribution >= 4 is 58.5 Å². The van der Waals surface area contributed by atoms with Gasteiger partial charge in [-0.05, 0) is 42.2 Å². The zero-order valence-electron chi connectivity index (χ0n) is 13.3. The van der Waals surface area contributed by atoms with Crippen molar-refractivity contribution in [1.82, 2.24) is 10.9 Å². The van der Waals surface area contributed by atoms with Gasteiger partial charge < -0.3 is 0 Å². The van der Waals surface area contributed by atoms with Crippen molar-refractivity contribution in [3.63, 3.8) is 0 Å². The first-order chi connectivity index (χ1) is 12.0. The van der Waals surface area contributed by atoms with E-state index in [4.69, 9.17) is 23.2 Å². The zero-order valence-corrected chi connectivity index (χ0v) is 16.5. The Balaban J connectivity index is 1.84. The SMILES string of the molecule is CSCc1cccc(C(=O)NNC(=O)CSc2cc(Cl)ccc2Cl)c1. The van der Waals surface area contributed by atoms with Gasteiger partial charge in [0, 0.05) is 21.2 Å². The van der Waals surface area contributed by atoms with E-state index in [9.17, 15) is 9.59 Å². The third kappa shape index (κ3) is 6.47. The lowest BCUT2D eigenvalue weighted by Crippen LogP contribution is -2.42. The van der Waals surface area contributed by atoms with Gasteiger partial charge in [-0.25, -0.2) is 0 Å². The van der Waals surface area contributed by atoms with Crippen molar-refractivity contribution in [2.75, 3.05) is 12.0 Å². The number of benzene rings is 2. The van der Waals surface area contributed by atoms with E-state index in [1.165, 1.54) is 11.8 Å². The fourth-order valence-electron chi connectivity index (χ4n) is 1.93. The molecule has 0 aliphatic carbocycles. The predicted octanol–water partition coefficient (Wildman–Crippen LogP) is 4.41. The Bertz CT molecular complexity index is 772. The third-order valence-corrected chi connectivity index (χ3v) is 5.42. The lowest BCUT2D eigenvalue weighted by molar-refractivity contribution is -0.119. The quantitative estimate of drug-likeness (QED) is 0.542. The van der Waals surface area contributed by atoms with E-state index < -0.39 is 0 Å². The Morgan fingerprint density at radius 1 is 1.08 bits per heavy atom. The number of hydrogen-bond donors (Lipinski definition) is 2. The fraction of sp³-hybridized carbons (Fsp3) is 0.176. The summed E-state index contributed by atoms with van der Waals surface area (Å²) < 4.78 is 0. The maximum Gasteiger partial charge on any atom is 0.269 e. The first kappa shape index (κ1) is 20.0. The average Bonchev–Trinajstić information content (AvgIpc) is 2.61. The Labute approximate surface area is 165 Å². The molecule has 2 aromatic carbocycles. The van der Waals surface area contributed by atoms with Gasteiger partial charge in [-0.2, -0.15) is 11.8 Å². The molecule has 2 rings (SSSR count). The molecule has 0 fully saturated rings. The minimum Gasteiger partial charge on any atom is -0.272 e. The van der Waals surface area contributed by atoms with E-state index in [0.717, 1.165) is 11.3 Å². The van der Waals surface area contributed by atoms with Crippen LogP contribution in [-0.4, -0.2) is 23.8 Å². The summed E-state index contributed by atoms with van der Waals surface area (Å²) in [4.78, 5) is 24.7. The summed E-state index contributed by atoms with van der Waals surface area (Å²) in [7, 11) is 0. The predicted molar refractivity (Wildman–Crippen MR) is 106 cm³/mol. The zero-order chi connectivity index (χ0) is 18.2. The normalized spacial score (nSPS) is 10.4.